The normalized spacial score (nSPS) is 26.3. The molecule has 0 radical (unpaired) electrons. The first-order valence-electron chi connectivity index (χ1n) is 4.04. The van der Waals surface area contributed by atoms with Gasteiger partial charge in [0.1, 0.15) is 10.4 Å². The van der Waals surface area contributed by atoms with Crippen molar-refractivity contribution in [3.05, 3.63) is 0 Å². The Bertz CT molecular complexity index is 301. The lowest BCUT2D eigenvalue weighted by atomic mass is 10.0. The summed E-state index contributed by atoms with van der Waals surface area (Å²) in [6.07, 6.45) is 0.341. The van der Waals surface area contributed by atoms with Crippen LogP contribution in [-0.4, -0.2) is 36.3 Å². The van der Waals surface area contributed by atoms with Crippen LogP contribution in [0.25, 0.3) is 0 Å². The Morgan fingerprint density at radius 2 is 2.23 bits per heavy atom. The van der Waals surface area contributed by atoms with Gasteiger partial charge in [0.15, 0.2) is 0 Å². The van der Waals surface area contributed by atoms with Gasteiger partial charge in [0.25, 0.3) is 0 Å². The van der Waals surface area contributed by atoms with Crippen molar-refractivity contribution in [2.45, 2.75) is 13.3 Å². The molecule has 1 atom stereocenters. The molecule has 1 aliphatic rings. The number of alkyl halides is 1. The largest absolute Gasteiger partial charge is 0.299 e. The molecule has 0 aliphatic carbocycles. The summed E-state index contributed by atoms with van der Waals surface area (Å²) in [4.78, 5) is 11.1. The van der Waals surface area contributed by atoms with E-state index in [4.69, 9.17) is 0 Å². The molecule has 1 heterocycles. The Kier molecular flexibility index (Phi) is 3.48. The fraction of sp³-hybridized carbons (Fsp3) is 0.857. The quantitative estimate of drug-likeness (QED) is 0.690. The number of carbonyl (C=O) groups excluding carboxylic acids is 1. The number of ketones is 1. The minimum absolute atomic E-state index is 0.0685. The number of sulfonamides is 1. The van der Waals surface area contributed by atoms with Gasteiger partial charge in [-0.1, -0.05) is 22.9 Å². The van der Waals surface area contributed by atoms with Crippen molar-refractivity contribution < 1.29 is 13.2 Å². The van der Waals surface area contributed by atoms with Crippen LogP contribution in [-0.2, 0) is 14.8 Å². The summed E-state index contributed by atoms with van der Waals surface area (Å²) in [7, 11) is -3.18. The van der Waals surface area contributed by atoms with Crippen LogP contribution in [0, 0.1) is 5.92 Å². The first-order valence-corrected chi connectivity index (χ1v) is 6.77. The van der Waals surface area contributed by atoms with Gasteiger partial charge in [-0.25, -0.2) is 12.7 Å². The van der Waals surface area contributed by atoms with Crippen molar-refractivity contribution in [3.63, 3.8) is 0 Å². The third-order valence-corrected chi connectivity index (χ3v) is 5.30. The second-order valence-corrected chi connectivity index (χ2v) is 6.47. The highest BCUT2D eigenvalue weighted by Crippen LogP contribution is 2.16. The molecule has 0 amide bonds. The highest BCUT2D eigenvalue weighted by atomic mass is 79.9. The predicted octanol–water partition coefficient (Wildman–Crippen LogP) is 0.580. The molecule has 1 unspecified atom stereocenters. The summed E-state index contributed by atoms with van der Waals surface area (Å²) >= 11 is 2.93. The van der Waals surface area contributed by atoms with E-state index in [-0.39, 0.29) is 16.4 Å². The van der Waals surface area contributed by atoms with Crippen LogP contribution >= 0.6 is 15.9 Å². The molecule has 76 valence electrons. The summed E-state index contributed by atoms with van der Waals surface area (Å²) in [5.41, 5.74) is 0. The molecular weight excluding hydrogens is 258 g/mol. The van der Waals surface area contributed by atoms with Crippen LogP contribution < -0.4 is 0 Å². The minimum Gasteiger partial charge on any atom is -0.299 e. The van der Waals surface area contributed by atoms with Crippen molar-refractivity contribution in [2.75, 3.05) is 17.8 Å². The molecule has 1 saturated heterocycles. The van der Waals surface area contributed by atoms with E-state index in [2.05, 4.69) is 15.9 Å². The van der Waals surface area contributed by atoms with E-state index in [0.29, 0.717) is 19.5 Å². The van der Waals surface area contributed by atoms with Crippen LogP contribution in [0.15, 0.2) is 0 Å². The molecule has 1 rings (SSSR count). The first kappa shape index (κ1) is 11.1. The molecule has 1 aliphatic heterocycles. The number of halogens is 1. The second kappa shape index (κ2) is 4.06. The molecule has 13 heavy (non-hydrogen) atoms. The van der Waals surface area contributed by atoms with Crippen LogP contribution in [0.2, 0.25) is 0 Å². The number of hydrogen-bond donors (Lipinski definition) is 0. The van der Waals surface area contributed by atoms with Gasteiger partial charge in [-0.15, -0.1) is 0 Å². The Morgan fingerprint density at radius 3 is 2.69 bits per heavy atom. The average Bonchev–Trinajstić information content (AvgIpc) is 2.09. The molecule has 6 heteroatoms. The second-order valence-electron chi connectivity index (χ2n) is 3.20. The summed E-state index contributed by atoms with van der Waals surface area (Å²) in [6, 6.07) is 0. The van der Waals surface area contributed by atoms with Gasteiger partial charge in [-0.3, -0.25) is 4.79 Å². The maximum atomic E-state index is 11.4. The smallest absolute Gasteiger partial charge is 0.224 e. The lowest BCUT2D eigenvalue weighted by Gasteiger charge is -2.28. The summed E-state index contributed by atoms with van der Waals surface area (Å²) < 4.78 is 24.0. The molecular formula is C7H12BrNO3S. The fourth-order valence-corrected chi connectivity index (χ4v) is 3.13. The van der Waals surface area contributed by atoms with E-state index in [1.54, 1.807) is 6.92 Å². The molecule has 1 fully saturated rings. The lowest BCUT2D eigenvalue weighted by molar-refractivity contribution is -0.124. The van der Waals surface area contributed by atoms with Crippen molar-refractivity contribution >= 4 is 31.7 Å². The molecule has 0 aromatic carbocycles. The van der Waals surface area contributed by atoms with Crippen molar-refractivity contribution in [3.8, 4) is 0 Å². The zero-order chi connectivity index (χ0) is 10.1. The van der Waals surface area contributed by atoms with E-state index in [9.17, 15) is 13.2 Å². The van der Waals surface area contributed by atoms with Gasteiger partial charge in [0, 0.05) is 25.4 Å². The molecule has 0 bridgehead atoms. The SMILES string of the molecule is CC1CN(S(=O)(=O)CBr)CCC1=O. The molecule has 0 spiro atoms. The number of nitrogens with zero attached hydrogens (tertiary/aromatic N) is 1. The van der Waals surface area contributed by atoms with E-state index in [1.807, 2.05) is 0 Å². The maximum absolute atomic E-state index is 11.4. The Balaban J connectivity index is 2.71. The van der Waals surface area contributed by atoms with Crippen molar-refractivity contribution in [1.82, 2.24) is 4.31 Å². The number of piperidine rings is 1. The van der Waals surface area contributed by atoms with Gasteiger partial charge in [0.2, 0.25) is 10.0 Å². The number of hydrogen-bond acceptors (Lipinski definition) is 3. The maximum Gasteiger partial charge on any atom is 0.224 e. The van der Waals surface area contributed by atoms with Crippen molar-refractivity contribution in [2.24, 2.45) is 5.92 Å². The van der Waals surface area contributed by atoms with E-state index < -0.39 is 10.0 Å². The van der Waals surface area contributed by atoms with Gasteiger partial charge in [-0.2, -0.15) is 0 Å². The zero-order valence-corrected chi connectivity index (χ0v) is 9.77. The Labute approximate surface area is 86.5 Å². The zero-order valence-electron chi connectivity index (χ0n) is 7.36. The number of Topliss-reactive ketones (excluding diaryl/α,β-unsaturated/α-hetero) is 1. The van der Waals surface area contributed by atoms with E-state index in [1.165, 1.54) is 4.31 Å². The Hall–Kier alpha value is 0.0600. The predicted molar refractivity (Wildman–Crippen MR) is 53.1 cm³/mol. The third kappa shape index (κ3) is 2.51. The van der Waals surface area contributed by atoms with Gasteiger partial charge in [0.05, 0.1) is 0 Å². The molecule has 0 saturated carbocycles. The third-order valence-electron chi connectivity index (χ3n) is 2.17. The first-order chi connectivity index (χ1) is 5.97. The number of rotatable bonds is 2. The number of carbonyl (C=O) groups is 1. The van der Waals surface area contributed by atoms with Gasteiger partial charge in [-0.05, 0) is 0 Å². The summed E-state index contributed by atoms with van der Waals surface area (Å²) in [5, 5.41) is 0. The van der Waals surface area contributed by atoms with Gasteiger partial charge >= 0.3 is 0 Å². The molecule has 4 nitrogen and oxygen atoms in total. The van der Waals surface area contributed by atoms with Crippen LogP contribution in [0.4, 0.5) is 0 Å². The molecule has 0 N–H and O–H groups in total. The van der Waals surface area contributed by atoms with Gasteiger partial charge < -0.3 is 0 Å². The molecule has 0 aromatic heterocycles. The standard InChI is InChI=1S/C7H12BrNO3S/c1-6-4-9(3-2-7(6)10)13(11,12)5-8/h6H,2-5H2,1H3. The van der Waals surface area contributed by atoms with E-state index in [0.717, 1.165) is 0 Å². The summed E-state index contributed by atoms with van der Waals surface area (Å²) in [6.45, 7) is 2.42. The Morgan fingerprint density at radius 1 is 1.62 bits per heavy atom. The minimum atomic E-state index is -3.18. The monoisotopic (exact) mass is 269 g/mol. The highest BCUT2D eigenvalue weighted by Gasteiger charge is 2.30. The van der Waals surface area contributed by atoms with Crippen LogP contribution in [0.1, 0.15) is 13.3 Å². The topological polar surface area (TPSA) is 54.5 Å². The fourth-order valence-electron chi connectivity index (χ4n) is 1.30. The van der Waals surface area contributed by atoms with Crippen molar-refractivity contribution in [1.29, 1.82) is 0 Å². The average molecular weight is 270 g/mol. The van der Waals surface area contributed by atoms with E-state index >= 15 is 0 Å². The highest BCUT2D eigenvalue weighted by molar-refractivity contribution is 9.10. The van der Waals surface area contributed by atoms with Crippen LogP contribution in [0.5, 0.6) is 0 Å². The molecule has 0 aromatic rings. The van der Waals surface area contributed by atoms with Crippen LogP contribution in [0.3, 0.4) is 0 Å². The summed E-state index contributed by atoms with van der Waals surface area (Å²) in [5.74, 6) is -0.0106. The lowest BCUT2D eigenvalue weighted by Crippen LogP contribution is -2.43.